The van der Waals surface area contributed by atoms with Gasteiger partial charge in [0.15, 0.2) is 0 Å². The number of benzene rings is 1. The quantitative estimate of drug-likeness (QED) is 0.733. The van der Waals surface area contributed by atoms with Crippen molar-refractivity contribution in [3.8, 4) is 12.3 Å². The zero-order valence-corrected chi connectivity index (χ0v) is 13.0. The Kier molecular flexibility index (Phi) is 5.64. The highest BCUT2D eigenvalue weighted by molar-refractivity contribution is 5.50. The van der Waals surface area contributed by atoms with E-state index < -0.39 is 0 Å². The number of terminal acetylenes is 1. The third-order valence-corrected chi connectivity index (χ3v) is 3.97. The molecule has 2 rings (SSSR count). The Morgan fingerprint density at radius 1 is 1.48 bits per heavy atom. The van der Waals surface area contributed by atoms with Crippen molar-refractivity contribution in [3.05, 3.63) is 29.6 Å². The lowest BCUT2D eigenvalue weighted by Crippen LogP contribution is -2.27. The van der Waals surface area contributed by atoms with Gasteiger partial charge < -0.3 is 10.2 Å². The Bertz CT molecular complexity index is 502. The first-order valence-electron chi connectivity index (χ1n) is 7.87. The van der Waals surface area contributed by atoms with Gasteiger partial charge in [-0.15, -0.1) is 6.42 Å². The molecule has 1 N–H and O–H groups in total. The monoisotopic (exact) mass is 288 g/mol. The molecule has 1 fully saturated rings. The third-order valence-electron chi connectivity index (χ3n) is 3.97. The maximum Gasteiger partial charge on any atom is 0.146 e. The average molecular weight is 288 g/mol. The molecule has 3 heteroatoms. The lowest BCUT2D eigenvalue weighted by atomic mass is 10.1. The molecule has 1 saturated carbocycles. The van der Waals surface area contributed by atoms with E-state index in [0.29, 0.717) is 18.2 Å². The van der Waals surface area contributed by atoms with Gasteiger partial charge in [0.1, 0.15) is 5.82 Å². The number of hydrogen-bond donors (Lipinski definition) is 1. The van der Waals surface area contributed by atoms with Crippen LogP contribution in [0.1, 0.15) is 44.7 Å². The molecular weight excluding hydrogens is 263 g/mol. The van der Waals surface area contributed by atoms with Crippen molar-refractivity contribution in [3.63, 3.8) is 0 Å². The van der Waals surface area contributed by atoms with E-state index in [2.05, 4.69) is 25.1 Å². The third kappa shape index (κ3) is 4.47. The molecule has 1 aliphatic carbocycles. The first kappa shape index (κ1) is 15.9. The van der Waals surface area contributed by atoms with Crippen LogP contribution in [0.5, 0.6) is 0 Å². The van der Waals surface area contributed by atoms with E-state index in [4.69, 9.17) is 6.42 Å². The summed E-state index contributed by atoms with van der Waals surface area (Å²) in [6.45, 7) is 6.46. The largest absolute Gasteiger partial charge is 0.358 e. The number of halogens is 1. The van der Waals surface area contributed by atoms with Gasteiger partial charge in [-0.2, -0.15) is 0 Å². The van der Waals surface area contributed by atoms with Crippen LogP contribution in [0.25, 0.3) is 0 Å². The average Bonchev–Trinajstić information content (AvgIpc) is 3.28. The number of hydrogen-bond acceptors (Lipinski definition) is 2. The number of nitrogens with zero attached hydrogens (tertiary/aromatic N) is 1. The van der Waals surface area contributed by atoms with Crippen molar-refractivity contribution in [2.75, 3.05) is 24.5 Å². The minimum Gasteiger partial charge on any atom is -0.358 e. The molecule has 0 amide bonds. The summed E-state index contributed by atoms with van der Waals surface area (Å²) in [7, 11) is 0. The maximum absolute atomic E-state index is 14.4. The molecule has 0 saturated heterocycles. The minimum absolute atomic E-state index is 0.165. The number of anilines is 1. The Balaban J connectivity index is 2.10. The van der Waals surface area contributed by atoms with Gasteiger partial charge in [-0.1, -0.05) is 18.9 Å². The fourth-order valence-corrected chi connectivity index (χ4v) is 2.50. The lowest BCUT2D eigenvalue weighted by Gasteiger charge is -2.24. The van der Waals surface area contributed by atoms with Gasteiger partial charge in [-0.3, -0.25) is 0 Å². The molecule has 1 unspecified atom stereocenters. The van der Waals surface area contributed by atoms with Gasteiger partial charge in [0.2, 0.25) is 0 Å². The van der Waals surface area contributed by atoms with Crippen LogP contribution in [0.15, 0.2) is 18.2 Å². The van der Waals surface area contributed by atoms with E-state index in [0.717, 1.165) is 25.1 Å². The Labute approximate surface area is 127 Å². The first-order valence-corrected chi connectivity index (χ1v) is 7.87. The first-order chi connectivity index (χ1) is 10.2. The molecule has 1 aliphatic rings. The molecule has 21 heavy (non-hydrogen) atoms. The number of nitrogens with one attached hydrogen (secondary N) is 1. The lowest BCUT2D eigenvalue weighted by molar-refractivity contribution is 0.561. The normalized spacial score (nSPS) is 15.5. The fourth-order valence-electron chi connectivity index (χ4n) is 2.50. The van der Waals surface area contributed by atoms with Crippen molar-refractivity contribution in [2.45, 2.75) is 39.2 Å². The number of rotatable bonds is 8. The second kappa shape index (κ2) is 7.47. The summed E-state index contributed by atoms with van der Waals surface area (Å²) < 4.78 is 14.4. The van der Waals surface area contributed by atoms with Crippen LogP contribution < -0.4 is 10.2 Å². The van der Waals surface area contributed by atoms with E-state index in [1.807, 2.05) is 17.0 Å². The minimum atomic E-state index is -0.173. The van der Waals surface area contributed by atoms with Gasteiger partial charge in [0.05, 0.1) is 12.2 Å². The molecule has 0 bridgehead atoms. The zero-order valence-electron chi connectivity index (χ0n) is 13.0. The highest BCUT2D eigenvalue weighted by Gasteiger charge is 2.25. The Morgan fingerprint density at radius 3 is 2.81 bits per heavy atom. The van der Waals surface area contributed by atoms with Crippen LogP contribution in [0.3, 0.4) is 0 Å². The molecule has 1 aromatic rings. The van der Waals surface area contributed by atoms with Crippen molar-refractivity contribution >= 4 is 5.69 Å². The summed E-state index contributed by atoms with van der Waals surface area (Å²) in [6, 6.07) is 5.67. The Hall–Kier alpha value is -1.53. The Morgan fingerprint density at radius 2 is 2.24 bits per heavy atom. The molecular formula is C18H25FN2. The van der Waals surface area contributed by atoms with E-state index in [1.54, 1.807) is 6.07 Å². The van der Waals surface area contributed by atoms with Crippen molar-refractivity contribution in [1.29, 1.82) is 0 Å². The van der Waals surface area contributed by atoms with Crippen LogP contribution in [-0.4, -0.2) is 19.6 Å². The maximum atomic E-state index is 14.4. The molecule has 0 aliphatic heterocycles. The van der Waals surface area contributed by atoms with Crippen molar-refractivity contribution in [2.24, 2.45) is 5.92 Å². The van der Waals surface area contributed by atoms with Crippen LogP contribution in [0.2, 0.25) is 0 Å². The van der Waals surface area contributed by atoms with Gasteiger partial charge in [-0.25, -0.2) is 4.39 Å². The highest BCUT2D eigenvalue weighted by atomic mass is 19.1. The molecule has 2 nitrogen and oxygen atoms in total. The predicted octanol–water partition coefficient (Wildman–Crippen LogP) is 3.74. The second-order valence-electron chi connectivity index (χ2n) is 5.91. The van der Waals surface area contributed by atoms with Crippen LogP contribution >= 0.6 is 0 Å². The summed E-state index contributed by atoms with van der Waals surface area (Å²) in [4.78, 5) is 1.99. The second-order valence-corrected chi connectivity index (χ2v) is 5.91. The van der Waals surface area contributed by atoms with Gasteiger partial charge in [-0.05, 0) is 56.3 Å². The van der Waals surface area contributed by atoms with Crippen LogP contribution in [0, 0.1) is 24.1 Å². The highest BCUT2D eigenvalue weighted by Crippen LogP contribution is 2.32. The summed E-state index contributed by atoms with van der Waals surface area (Å²) in [5, 5.41) is 3.38. The van der Waals surface area contributed by atoms with Gasteiger partial charge in [0.25, 0.3) is 0 Å². The van der Waals surface area contributed by atoms with E-state index >= 15 is 0 Å². The van der Waals surface area contributed by atoms with Gasteiger partial charge >= 0.3 is 0 Å². The topological polar surface area (TPSA) is 15.3 Å². The molecule has 1 atom stereocenters. The molecule has 0 aromatic heterocycles. The van der Waals surface area contributed by atoms with Crippen molar-refractivity contribution < 1.29 is 4.39 Å². The van der Waals surface area contributed by atoms with E-state index in [-0.39, 0.29) is 11.9 Å². The van der Waals surface area contributed by atoms with E-state index in [1.165, 1.54) is 12.8 Å². The van der Waals surface area contributed by atoms with Crippen molar-refractivity contribution in [1.82, 2.24) is 5.32 Å². The fraction of sp³-hybridized carbons (Fsp3) is 0.556. The van der Waals surface area contributed by atoms with Crippen LogP contribution in [-0.2, 0) is 0 Å². The van der Waals surface area contributed by atoms with E-state index in [9.17, 15) is 4.39 Å². The predicted molar refractivity (Wildman–Crippen MR) is 86.9 cm³/mol. The summed E-state index contributed by atoms with van der Waals surface area (Å²) >= 11 is 0. The summed E-state index contributed by atoms with van der Waals surface area (Å²) in [5.41, 5.74) is 1.61. The van der Waals surface area contributed by atoms with Gasteiger partial charge in [0, 0.05) is 12.6 Å². The molecule has 0 heterocycles. The molecule has 1 aromatic carbocycles. The summed E-state index contributed by atoms with van der Waals surface area (Å²) in [6.07, 6.45) is 8.96. The smallest absolute Gasteiger partial charge is 0.146 e. The zero-order chi connectivity index (χ0) is 15.2. The van der Waals surface area contributed by atoms with Crippen LogP contribution in [0.4, 0.5) is 10.1 Å². The standard InChI is InChI=1S/C18H25FN2/c1-4-10-20-14(3)16-8-9-18(17(19)12-16)21(11-5-2)13-15-6-7-15/h2,8-9,12,14-15,20H,4,6-7,10-11,13H2,1,3H3. The SMILES string of the molecule is C#CCN(CC1CC1)c1ccc(C(C)NCCC)cc1F. The molecule has 114 valence electrons. The molecule has 0 spiro atoms. The summed E-state index contributed by atoms with van der Waals surface area (Å²) in [5.74, 6) is 3.15. The molecule has 0 radical (unpaired) electrons.